The van der Waals surface area contributed by atoms with E-state index in [1.54, 1.807) is 42.4 Å². The van der Waals surface area contributed by atoms with E-state index in [9.17, 15) is 24.0 Å². The summed E-state index contributed by atoms with van der Waals surface area (Å²) in [5.41, 5.74) is 1.56. The second-order valence-corrected chi connectivity index (χ2v) is 16.1. The Labute approximate surface area is 319 Å². The lowest BCUT2D eigenvalue weighted by Crippen LogP contribution is -2.59. The van der Waals surface area contributed by atoms with Crippen LogP contribution in [0.25, 0.3) is 0 Å². The van der Waals surface area contributed by atoms with Crippen LogP contribution in [0, 0.1) is 29.6 Å². The molecule has 0 aliphatic carbocycles. The van der Waals surface area contributed by atoms with Gasteiger partial charge in [0, 0.05) is 39.9 Å². The Hall–Kier alpha value is -3.07. The summed E-state index contributed by atoms with van der Waals surface area (Å²) in [7, 11) is 8.51. The Morgan fingerprint density at radius 3 is 2.00 bits per heavy atom. The first-order valence-corrected chi connectivity index (χ1v) is 19.3. The molecule has 1 rings (SSSR count). The van der Waals surface area contributed by atoms with Crippen molar-refractivity contribution < 1.29 is 38.7 Å². The first-order valence-electron chi connectivity index (χ1n) is 19.3. The maximum Gasteiger partial charge on any atom is 0.267 e. The summed E-state index contributed by atoms with van der Waals surface area (Å²) in [6.07, 6.45) is 4.20. The van der Waals surface area contributed by atoms with Gasteiger partial charge in [-0.05, 0) is 57.0 Å². The highest BCUT2D eigenvalue weighted by molar-refractivity contribution is 5.90. The zero-order valence-electron chi connectivity index (χ0n) is 35.0. The van der Waals surface area contributed by atoms with E-state index in [4.69, 9.17) is 14.7 Å². The molecule has 9 atom stereocenters. The molecule has 1 aliphatic heterocycles. The number of likely N-dealkylation sites (tertiary alicyclic amines) is 1. The zero-order chi connectivity index (χ0) is 40.7. The number of methoxy groups -OCH3 is 2. The third kappa shape index (κ3) is 13.9. The summed E-state index contributed by atoms with van der Waals surface area (Å²) in [5.74, 6) is -2.16. The van der Waals surface area contributed by atoms with Crippen LogP contribution in [-0.2, 0) is 33.4 Å². The van der Waals surface area contributed by atoms with E-state index in [2.05, 4.69) is 10.6 Å². The number of hydrogen-bond donors (Lipinski definition) is 4. The average molecular weight is 753 g/mol. The molecule has 0 unspecified atom stereocenters. The van der Waals surface area contributed by atoms with Crippen molar-refractivity contribution in [2.45, 2.75) is 137 Å². The predicted molar refractivity (Wildman–Crippen MR) is 206 cm³/mol. The van der Waals surface area contributed by atoms with E-state index in [-0.39, 0.29) is 59.8 Å². The quantitative estimate of drug-likeness (QED) is 0.0737. The van der Waals surface area contributed by atoms with Crippen LogP contribution in [0.4, 0.5) is 0 Å². The Kier molecular flexibility index (Phi) is 20.8. The molecule has 53 heavy (non-hydrogen) atoms. The maximum absolute atomic E-state index is 14.2. The number of carbonyl (C=O) groups is 5. The molecule has 1 aliphatic rings. The number of amides is 5. The molecule has 0 radical (unpaired) electrons. The standard InChI is InChI=1S/C39H72N6O8/c1-15-26(8)35(44(12)39(50)33(24(4)5)41-38(49)34(25(6)7)43(10)11)30(52-13)22-32(47)45-20-16-17-29(45)36(53-14)27(9)37(48)40-28(21-23(2)3)18-19-31(46)42-51/h18-19,23-30,33-36,51H,15-17,20-22H2,1-14H3,(H,40,48)(H,41,49)(H,42,46)/b19-18+/t26-,27+,28+,29-,30+,33-,34-,35-,36+/m0/s1. The van der Waals surface area contributed by atoms with Crippen molar-refractivity contribution >= 4 is 29.5 Å². The molecule has 1 fully saturated rings. The van der Waals surface area contributed by atoms with Crippen LogP contribution in [0.15, 0.2) is 12.2 Å². The van der Waals surface area contributed by atoms with Crippen molar-refractivity contribution in [2.75, 3.05) is 41.9 Å². The highest BCUT2D eigenvalue weighted by Crippen LogP contribution is 2.30. The fourth-order valence-corrected chi connectivity index (χ4v) is 7.66. The molecular formula is C39H72N6O8. The first kappa shape index (κ1) is 48.0. The van der Waals surface area contributed by atoms with Gasteiger partial charge in [0.1, 0.15) is 6.04 Å². The zero-order valence-corrected chi connectivity index (χ0v) is 35.0. The highest BCUT2D eigenvalue weighted by atomic mass is 16.5. The average Bonchev–Trinajstić information content (AvgIpc) is 3.57. The minimum atomic E-state index is -0.769. The number of hydroxylamine groups is 1. The minimum absolute atomic E-state index is 0.0135. The van der Waals surface area contributed by atoms with Gasteiger partial charge in [-0.3, -0.25) is 34.1 Å². The predicted octanol–water partition coefficient (Wildman–Crippen LogP) is 3.23. The van der Waals surface area contributed by atoms with Crippen LogP contribution in [-0.4, -0.2) is 134 Å². The Morgan fingerprint density at radius 1 is 0.906 bits per heavy atom. The van der Waals surface area contributed by atoms with Gasteiger partial charge in [-0.25, -0.2) is 5.48 Å². The van der Waals surface area contributed by atoms with Crippen LogP contribution < -0.4 is 16.1 Å². The molecule has 1 heterocycles. The molecule has 0 spiro atoms. The second kappa shape index (κ2) is 23.0. The van der Waals surface area contributed by atoms with Crippen molar-refractivity contribution in [3.8, 4) is 0 Å². The molecule has 4 N–H and O–H groups in total. The van der Waals surface area contributed by atoms with Gasteiger partial charge >= 0.3 is 0 Å². The van der Waals surface area contributed by atoms with E-state index < -0.39 is 48.2 Å². The minimum Gasteiger partial charge on any atom is -0.379 e. The van der Waals surface area contributed by atoms with Crippen LogP contribution in [0.3, 0.4) is 0 Å². The summed E-state index contributed by atoms with van der Waals surface area (Å²) in [5, 5.41) is 14.9. The molecule has 306 valence electrons. The number of rotatable bonds is 22. The molecular weight excluding hydrogens is 680 g/mol. The molecule has 0 aromatic heterocycles. The molecule has 0 aromatic carbocycles. The molecule has 0 saturated carbocycles. The van der Waals surface area contributed by atoms with E-state index in [0.29, 0.717) is 19.4 Å². The van der Waals surface area contributed by atoms with Gasteiger partial charge in [-0.1, -0.05) is 74.8 Å². The van der Waals surface area contributed by atoms with Gasteiger partial charge in [-0.2, -0.15) is 0 Å². The van der Waals surface area contributed by atoms with E-state index in [0.717, 1.165) is 12.8 Å². The number of ether oxygens (including phenoxy) is 2. The second-order valence-electron chi connectivity index (χ2n) is 16.1. The number of nitrogens with one attached hydrogen (secondary N) is 3. The lowest BCUT2D eigenvalue weighted by atomic mass is 9.89. The fourth-order valence-electron chi connectivity index (χ4n) is 7.66. The Balaban J connectivity index is 3.29. The molecule has 14 heteroatoms. The summed E-state index contributed by atoms with van der Waals surface area (Å²) in [6, 6.07) is -2.45. The van der Waals surface area contributed by atoms with Gasteiger partial charge < -0.3 is 29.9 Å². The van der Waals surface area contributed by atoms with Gasteiger partial charge in [0.25, 0.3) is 5.91 Å². The van der Waals surface area contributed by atoms with Crippen LogP contribution >= 0.6 is 0 Å². The summed E-state index contributed by atoms with van der Waals surface area (Å²) < 4.78 is 11.9. The van der Waals surface area contributed by atoms with Crippen LogP contribution in [0.5, 0.6) is 0 Å². The van der Waals surface area contributed by atoms with Gasteiger partial charge in [0.15, 0.2) is 0 Å². The number of nitrogens with zero attached hydrogens (tertiary/aromatic N) is 3. The summed E-state index contributed by atoms with van der Waals surface area (Å²) in [4.78, 5) is 72.2. The molecule has 0 bridgehead atoms. The van der Waals surface area contributed by atoms with Crippen molar-refractivity contribution in [1.29, 1.82) is 0 Å². The fraction of sp³-hybridized carbons (Fsp3) is 0.821. The van der Waals surface area contributed by atoms with Gasteiger partial charge in [-0.15, -0.1) is 0 Å². The van der Waals surface area contributed by atoms with Gasteiger partial charge in [0.05, 0.1) is 42.7 Å². The lowest BCUT2D eigenvalue weighted by Gasteiger charge is -2.41. The third-order valence-electron chi connectivity index (χ3n) is 10.6. The Morgan fingerprint density at radius 2 is 1.53 bits per heavy atom. The maximum atomic E-state index is 14.2. The monoisotopic (exact) mass is 753 g/mol. The first-order chi connectivity index (χ1) is 24.8. The van der Waals surface area contributed by atoms with E-state index >= 15 is 0 Å². The molecule has 5 amide bonds. The number of likely N-dealkylation sites (N-methyl/N-ethyl adjacent to an activating group) is 2. The number of carbonyl (C=O) groups excluding carboxylic acids is 5. The van der Waals surface area contributed by atoms with Gasteiger partial charge in [0.2, 0.25) is 23.6 Å². The van der Waals surface area contributed by atoms with E-state index in [1.165, 1.54) is 13.2 Å². The molecule has 14 nitrogen and oxygen atoms in total. The number of hydrogen-bond acceptors (Lipinski definition) is 9. The smallest absolute Gasteiger partial charge is 0.267 e. The van der Waals surface area contributed by atoms with E-state index in [1.807, 2.05) is 74.4 Å². The normalized spacial score (nSPS) is 19.5. The molecule has 0 aromatic rings. The van der Waals surface area contributed by atoms with Crippen molar-refractivity contribution in [3.05, 3.63) is 12.2 Å². The SMILES string of the molecule is CC[C@H](C)[C@@H]([C@@H](CC(=O)N1CCC[C@H]1[C@H](OC)[C@@H](C)C(=O)N[C@H](/C=C/C(=O)NO)CC(C)C)OC)N(C)C(=O)[C@@H](NC(=O)[C@H](C(C)C)N(C)C)C(C)C. The van der Waals surface area contributed by atoms with Crippen molar-refractivity contribution in [2.24, 2.45) is 29.6 Å². The summed E-state index contributed by atoms with van der Waals surface area (Å²) in [6.45, 7) is 18.1. The van der Waals surface area contributed by atoms with Crippen molar-refractivity contribution in [3.63, 3.8) is 0 Å². The third-order valence-corrected chi connectivity index (χ3v) is 10.6. The van der Waals surface area contributed by atoms with Crippen LogP contribution in [0.1, 0.15) is 94.4 Å². The Bertz CT molecular complexity index is 1200. The van der Waals surface area contributed by atoms with Crippen molar-refractivity contribution in [1.82, 2.24) is 30.8 Å². The molecule has 1 saturated heterocycles. The van der Waals surface area contributed by atoms with Crippen LogP contribution in [0.2, 0.25) is 0 Å². The summed E-state index contributed by atoms with van der Waals surface area (Å²) >= 11 is 0. The topological polar surface area (TPSA) is 170 Å². The lowest BCUT2D eigenvalue weighted by molar-refractivity contribution is -0.148. The highest BCUT2D eigenvalue weighted by Gasteiger charge is 2.43. The largest absolute Gasteiger partial charge is 0.379 e.